The summed E-state index contributed by atoms with van der Waals surface area (Å²) in [6.45, 7) is 14.6. The van der Waals surface area contributed by atoms with Gasteiger partial charge in [0.2, 0.25) is 0 Å². The molecule has 13 heavy (non-hydrogen) atoms. The second-order valence-electron chi connectivity index (χ2n) is 3.11. The first-order chi connectivity index (χ1) is 6.33. The lowest BCUT2D eigenvalue weighted by molar-refractivity contribution is 0.729. The molecule has 0 nitrogen and oxygen atoms in total. The van der Waals surface area contributed by atoms with Gasteiger partial charge in [0.1, 0.15) is 0 Å². The molecule has 0 rings (SSSR count). The standard InChI is InChI=1S/C7H13.C6H11/c1-3-5-7-6-4-2;1-3-5-6-4-2/h1,3H,4-7H2,2H3;1,3H,4-6H2,2H3. The Kier molecular flexibility index (Phi) is 20.2. The van der Waals surface area contributed by atoms with Crippen molar-refractivity contribution in [3.8, 4) is 0 Å². The smallest absolute Gasteiger partial charge is 0.0348 e. The third-order valence-electron chi connectivity index (χ3n) is 1.70. The minimum Gasteiger partial charge on any atom is -0.0845 e. The van der Waals surface area contributed by atoms with Gasteiger partial charge in [-0.3, -0.25) is 0 Å². The summed E-state index contributed by atoms with van der Waals surface area (Å²) in [5, 5.41) is 0. The molecule has 0 aromatic heterocycles. The highest BCUT2D eigenvalue weighted by Gasteiger charge is 1.77. The summed E-state index contributed by atoms with van der Waals surface area (Å²) in [5.74, 6) is 0. The predicted octanol–water partition coefficient (Wildman–Crippen LogP) is 4.72. The Bertz CT molecular complexity index is 92.2. The van der Waals surface area contributed by atoms with E-state index in [9.17, 15) is 0 Å². The van der Waals surface area contributed by atoms with Crippen molar-refractivity contribution in [1.29, 1.82) is 0 Å². The van der Waals surface area contributed by atoms with Crippen LogP contribution in [0.15, 0.2) is 12.2 Å². The van der Waals surface area contributed by atoms with Crippen LogP contribution < -0.4 is 0 Å². The van der Waals surface area contributed by atoms with Crippen molar-refractivity contribution < 1.29 is 0 Å². The highest BCUT2D eigenvalue weighted by Crippen LogP contribution is 1.97. The van der Waals surface area contributed by atoms with E-state index in [1.54, 1.807) is 12.2 Å². The zero-order valence-corrected chi connectivity index (χ0v) is 9.26. The Morgan fingerprint density at radius 3 is 1.54 bits per heavy atom. The minimum atomic E-state index is 1.07. The first-order valence-electron chi connectivity index (χ1n) is 5.40. The molecule has 0 N–H and O–H groups in total. The number of hydrogen-bond acceptors (Lipinski definition) is 0. The molecule has 76 valence electrons. The van der Waals surface area contributed by atoms with Crippen LogP contribution in [-0.2, 0) is 0 Å². The molecule has 0 saturated heterocycles. The van der Waals surface area contributed by atoms with Crippen LogP contribution in [0.4, 0.5) is 0 Å². The molecule has 0 spiro atoms. The van der Waals surface area contributed by atoms with Gasteiger partial charge < -0.3 is 0 Å². The Morgan fingerprint density at radius 2 is 1.23 bits per heavy atom. The van der Waals surface area contributed by atoms with E-state index in [4.69, 9.17) is 13.2 Å². The molecule has 0 aliphatic carbocycles. The fourth-order valence-electron chi connectivity index (χ4n) is 0.834. The normalized spacial score (nSPS) is 8.46. The fraction of sp³-hybridized carbons (Fsp3) is 0.692. The molecule has 2 radical (unpaired) electrons. The molecule has 0 bridgehead atoms. The van der Waals surface area contributed by atoms with Crippen molar-refractivity contribution in [2.75, 3.05) is 0 Å². The van der Waals surface area contributed by atoms with Crippen LogP contribution in [-0.4, -0.2) is 0 Å². The second kappa shape index (κ2) is 17.5. The van der Waals surface area contributed by atoms with Crippen molar-refractivity contribution >= 4 is 0 Å². The average Bonchev–Trinajstić information content (AvgIpc) is 2.17. The van der Waals surface area contributed by atoms with Crippen molar-refractivity contribution in [1.82, 2.24) is 0 Å². The molecule has 0 aromatic carbocycles. The maximum atomic E-state index is 5.14. The number of allylic oxidation sites excluding steroid dienone is 2. The molecule has 0 atom stereocenters. The van der Waals surface area contributed by atoms with Gasteiger partial charge in [-0.2, -0.15) is 0 Å². The van der Waals surface area contributed by atoms with Crippen molar-refractivity contribution in [2.45, 2.75) is 58.8 Å². The number of rotatable bonds is 7. The molecular weight excluding hydrogens is 156 g/mol. The Morgan fingerprint density at radius 1 is 0.769 bits per heavy atom. The lowest BCUT2D eigenvalue weighted by Gasteiger charge is -1.87. The molecule has 0 unspecified atom stereocenters. The van der Waals surface area contributed by atoms with Gasteiger partial charge in [0.25, 0.3) is 0 Å². The average molecular weight is 180 g/mol. The molecule has 0 heteroatoms. The third kappa shape index (κ3) is 24.6. The van der Waals surface area contributed by atoms with E-state index in [0.29, 0.717) is 0 Å². The Hall–Kier alpha value is -0.520. The van der Waals surface area contributed by atoms with E-state index in [2.05, 4.69) is 13.8 Å². The SMILES string of the molecule is [CH]=CCCCC.[CH]=CCCCCC. The van der Waals surface area contributed by atoms with Crippen LogP contribution in [0.5, 0.6) is 0 Å². The highest BCUT2D eigenvalue weighted by atomic mass is 13.8. The summed E-state index contributed by atoms with van der Waals surface area (Å²) < 4.78 is 0. The Balaban J connectivity index is 0. The van der Waals surface area contributed by atoms with Crippen LogP contribution in [0.2, 0.25) is 0 Å². The van der Waals surface area contributed by atoms with Gasteiger partial charge in [-0.15, -0.1) is 0 Å². The maximum absolute atomic E-state index is 5.14. The first-order valence-corrected chi connectivity index (χ1v) is 5.40. The Labute approximate surface area is 84.7 Å². The van der Waals surface area contributed by atoms with Gasteiger partial charge in [-0.1, -0.05) is 64.8 Å². The zero-order chi connectivity index (χ0) is 10.4. The summed E-state index contributed by atoms with van der Waals surface area (Å²) in [7, 11) is 0. The topological polar surface area (TPSA) is 0 Å². The van der Waals surface area contributed by atoms with Crippen LogP contribution >= 0.6 is 0 Å². The number of unbranched alkanes of at least 4 members (excludes halogenated alkanes) is 5. The lowest BCUT2D eigenvalue weighted by atomic mass is 10.2. The van der Waals surface area contributed by atoms with E-state index in [1.807, 2.05) is 0 Å². The summed E-state index contributed by atoms with van der Waals surface area (Å²) in [4.78, 5) is 0. The molecule has 0 aliphatic rings. The number of hydrogen-bond donors (Lipinski definition) is 0. The van der Waals surface area contributed by atoms with Gasteiger partial charge in [0.15, 0.2) is 0 Å². The van der Waals surface area contributed by atoms with Gasteiger partial charge in [-0.25, -0.2) is 0 Å². The molecule has 0 amide bonds. The largest absolute Gasteiger partial charge is 0.0845 e. The molecule has 0 heterocycles. The van der Waals surface area contributed by atoms with Crippen molar-refractivity contribution in [3.05, 3.63) is 25.3 Å². The highest BCUT2D eigenvalue weighted by molar-refractivity contribution is 4.60. The molecular formula is C13H24. The van der Waals surface area contributed by atoms with E-state index in [0.717, 1.165) is 12.8 Å². The molecule has 0 saturated carbocycles. The lowest BCUT2D eigenvalue weighted by Crippen LogP contribution is -1.68. The van der Waals surface area contributed by atoms with Crippen LogP contribution in [0, 0.1) is 13.2 Å². The van der Waals surface area contributed by atoms with E-state index >= 15 is 0 Å². The van der Waals surface area contributed by atoms with Crippen molar-refractivity contribution in [2.24, 2.45) is 0 Å². The first kappa shape index (κ1) is 15.0. The van der Waals surface area contributed by atoms with Gasteiger partial charge in [0.05, 0.1) is 0 Å². The van der Waals surface area contributed by atoms with Crippen molar-refractivity contribution in [3.63, 3.8) is 0 Å². The van der Waals surface area contributed by atoms with E-state index in [1.165, 1.54) is 32.1 Å². The third-order valence-corrected chi connectivity index (χ3v) is 1.70. The zero-order valence-electron chi connectivity index (χ0n) is 9.26. The molecule has 0 fully saturated rings. The van der Waals surface area contributed by atoms with Gasteiger partial charge in [-0.05, 0) is 19.3 Å². The summed E-state index contributed by atoms with van der Waals surface area (Å²) >= 11 is 0. The summed E-state index contributed by atoms with van der Waals surface area (Å²) in [6, 6.07) is 0. The molecule has 0 aliphatic heterocycles. The summed E-state index contributed by atoms with van der Waals surface area (Å²) in [6.07, 6.45) is 11.9. The second-order valence-corrected chi connectivity index (χ2v) is 3.11. The van der Waals surface area contributed by atoms with Crippen LogP contribution in [0.25, 0.3) is 0 Å². The van der Waals surface area contributed by atoms with Crippen LogP contribution in [0.3, 0.4) is 0 Å². The van der Waals surface area contributed by atoms with Gasteiger partial charge in [0, 0.05) is 0 Å². The predicted molar refractivity (Wildman–Crippen MR) is 61.4 cm³/mol. The van der Waals surface area contributed by atoms with Crippen LogP contribution in [0.1, 0.15) is 58.8 Å². The van der Waals surface area contributed by atoms with E-state index in [-0.39, 0.29) is 0 Å². The quantitative estimate of drug-likeness (QED) is 0.497. The fourth-order valence-corrected chi connectivity index (χ4v) is 0.834. The van der Waals surface area contributed by atoms with Gasteiger partial charge >= 0.3 is 0 Å². The minimum absolute atomic E-state index is 1.07. The summed E-state index contributed by atoms with van der Waals surface area (Å²) in [5.41, 5.74) is 0. The maximum Gasteiger partial charge on any atom is -0.0348 e. The van der Waals surface area contributed by atoms with E-state index < -0.39 is 0 Å². The monoisotopic (exact) mass is 180 g/mol. The molecule has 0 aromatic rings.